The molecule has 116 valence electrons. The Kier molecular flexibility index (Phi) is 4.71. The normalized spacial score (nSPS) is 16.8. The van der Waals surface area contributed by atoms with E-state index in [-0.39, 0.29) is 16.3 Å². The molecule has 0 radical (unpaired) electrons. The highest BCUT2D eigenvalue weighted by Gasteiger charge is 2.29. The fourth-order valence-corrected chi connectivity index (χ4v) is 2.59. The molecule has 2 heterocycles. The van der Waals surface area contributed by atoms with Crippen molar-refractivity contribution in [1.82, 2.24) is 9.88 Å². The van der Waals surface area contributed by atoms with Crippen molar-refractivity contribution < 1.29 is 9.18 Å². The lowest BCUT2D eigenvalue weighted by Crippen LogP contribution is -2.41. The van der Waals surface area contributed by atoms with Crippen molar-refractivity contribution in [2.45, 2.75) is 27.2 Å². The van der Waals surface area contributed by atoms with Gasteiger partial charge in [-0.25, -0.2) is 9.37 Å². The molecular weight excluding hydrogens is 293 g/mol. The van der Waals surface area contributed by atoms with E-state index < -0.39 is 5.82 Å². The third-order valence-electron chi connectivity index (χ3n) is 3.51. The number of aromatic nitrogens is 1. The summed E-state index contributed by atoms with van der Waals surface area (Å²) in [7, 11) is 0. The molecule has 1 aromatic rings. The topological polar surface area (TPSA) is 36.4 Å². The Morgan fingerprint density at radius 1 is 1.29 bits per heavy atom. The first-order valence-corrected chi connectivity index (χ1v) is 7.52. The molecule has 2 rings (SSSR count). The van der Waals surface area contributed by atoms with Gasteiger partial charge < -0.3 is 9.80 Å². The van der Waals surface area contributed by atoms with Crippen molar-refractivity contribution in [1.29, 1.82) is 0 Å². The highest BCUT2D eigenvalue weighted by molar-refractivity contribution is 6.30. The van der Waals surface area contributed by atoms with Crippen molar-refractivity contribution in [2.24, 2.45) is 5.41 Å². The Labute approximate surface area is 129 Å². The maximum absolute atomic E-state index is 13.9. The Morgan fingerprint density at radius 3 is 2.62 bits per heavy atom. The molecule has 6 heteroatoms. The second kappa shape index (κ2) is 6.18. The zero-order valence-electron chi connectivity index (χ0n) is 12.7. The lowest BCUT2D eigenvalue weighted by atomic mass is 9.94. The van der Waals surface area contributed by atoms with E-state index in [9.17, 15) is 9.18 Å². The van der Waals surface area contributed by atoms with Crippen molar-refractivity contribution >= 4 is 23.3 Å². The van der Waals surface area contributed by atoms with E-state index in [1.165, 1.54) is 12.3 Å². The first-order chi connectivity index (χ1) is 9.79. The molecule has 0 unspecified atom stereocenters. The lowest BCUT2D eigenvalue weighted by molar-refractivity contribution is -0.139. The number of pyridine rings is 1. The second-order valence-corrected chi connectivity index (χ2v) is 6.78. The minimum atomic E-state index is -0.418. The summed E-state index contributed by atoms with van der Waals surface area (Å²) >= 11 is 5.73. The minimum absolute atomic E-state index is 0.133. The van der Waals surface area contributed by atoms with Gasteiger partial charge in [-0.2, -0.15) is 0 Å². The average molecular weight is 314 g/mol. The SMILES string of the molecule is CC(C)(C)C(=O)N1CCCN(c2ncc(Cl)cc2F)CC1. The van der Waals surface area contributed by atoms with Crippen LogP contribution in [-0.4, -0.2) is 42.0 Å². The first kappa shape index (κ1) is 16.0. The van der Waals surface area contributed by atoms with Crippen LogP contribution in [0.25, 0.3) is 0 Å². The Balaban J connectivity index is 2.09. The first-order valence-electron chi connectivity index (χ1n) is 7.14. The average Bonchev–Trinajstić information content (AvgIpc) is 2.62. The van der Waals surface area contributed by atoms with Crippen LogP contribution in [0.5, 0.6) is 0 Å². The standard InChI is InChI=1S/C15H21ClFN3O/c1-15(2,3)14(21)20-6-4-5-19(7-8-20)13-12(17)9-11(16)10-18-13/h9-10H,4-8H2,1-3H3. The monoisotopic (exact) mass is 313 g/mol. The molecule has 1 fully saturated rings. The summed E-state index contributed by atoms with van der Waals surface area (Å²) in [6.45, 7) is 8.28. The highest BCUT2D eigenvalue weighted by Crippen LogP contribution is 2.23. The molecule has 1 amide bonds. The van der Waals surface area contributed by atoms with Gasteiger partial charge >= 0.3 is 0 Å². The number of amides is 1. The summed E-state index contributed by atoms with van der Waals surface area (Å²) < 4.78 is 13.9. The van der Waals surface area contributed by atoms with Gasteiger partial charge in [-0.3, -0.25) is 4.79 Å². The van der Waals surface area contributed by atoms with Crippen LogP contribution in [0.4, 0.5) is 10.2 Å². The molecule has 0 atom stereocenters. The van der Waals surface area contributed by atoms with Gasteiger partial charge in [0.05, 0.1) is 5.02 Å². The number of halogens is 2. The minimum Gasteiger partial charge on any atom is -0.352 e. The molecule has 1 saturated heterocycles. The zero-order chi connectivity index (χ0) is 15.6. The molecule has 0 bridgehead atoms. The van der Waals surface area contributed by atoms with Gasteiger partial charge in [-0.05, 0) is 12.5 Å². The fourth-order valence-electron chi connectivity index (χ4n) is 2.45. The third kappa shape index (κ3) is 3.84. The van der Waals surface area contributed by atoms with E-state index in [0.29, 0.717) is 32.0 Å². The molecule has 1 aliphatic heterocycles. The van der Waals surface area contributed by atoms with Crippen LogP contribution in [0.1, 0.15) is 27.2 Å². The van der Waals surface area contributed by atoms with Crippen LogP contribution in [0.15, 0.2) is 12.3 Å². The molecule has 4 nitrogen and oxygen atoms in total. The van der Waals surface area contributed by atoms with E-state index in [0.717, 1.165) is 6.42 Å². The number of rotatable bonds is 1. The van der Waals surface area contributed by atoms with Gasteiger partial charge in [0.1, 0.15) is 0 Å². The quantitative estimate of drug-likeness (QED) is 0.800. The molecular formula is C15H21ClFN3O. The summed E-state index contributed by atoms with van der Waals surface area (Å²) in [4.78, 5) is 20.1. The highest BCUT2D eigenvalue weighted by atomic mass is 35.5. The lowest BCUT2D eigenvalue weighted by Gasteiger charge is -2.28. The van der Waals surface area contributed by atoms with Gasteiger partial charge in [-0.15, -0.1) is 0 Å². The number of carbonyl (C=O) groups is 1. The largest absolute Gasteiger partial charge is 0.352 e. The molecule has 1 aliphatic rings. The molecule has 0 saturated carbocycles. The van der Waals surface area contributed by atoms with Crippen LogP contribution in [0.2, 0.25) is 5.02 Å². The van der Waals surface area contributed by atoms with E-state index in [1.54, 1.807) is 0 Å². The van der Waals surface area contributed by atoms with Gasteiger partial charge in [0.25, 0.3) is 0 Å². The Morgan fingerprint density at radius 2 is 2.00 bits per heavy atom. The van der Waals surface area contributed by atoms with E-state index in [1.807, 2.05) is 30.6 Å². The fraction of sp³-hybridized carbons (Fsp3) is 0.600. The molecule has 0 aromatic carbocycles. The maximum Gasteiger partial charge on any atom is 0.228 e. The van der Waals surface area contributed by atoms with Crippen LogP contribution in [-0.2, 0) is 4.79 Å². The van der Waals surface area contributed by atoms with E-state index in [2.05, 4.69) is 4.98 Å². The number of anilines is 1. The van der Waals surface area contributed by atoms with Crippen LogP contribution in [0, 0.1) is 11.2 Å². The number of hydrogen-bond donors (Lipinski definition) is 0. The predicted molar refractivity (Wildman–Crippen MR) is 82.1 cm³/mol. The smallest absolute Gasteiger partial charge is 0.228 e. The Hall–Kier alpha value is -1.36. The second-order valence-electron chi connectivity index (χ2n) is 6.34. The van der Waals surface area contributed by atoms with Gasteiger partial charge in [-0.1, -0.05) is 32.4 Å². The zero-order valence-corrected chi connectivity index (χ0v) is 13.5. The van der Waals surface area contributed by atoms with Gasteiger partial charge in [0, 0.05) is 37.8 Å². The molecule has 0 spiro atoms. The summed E-state index contributed by atoms with van der Waals surface area (Å²) in [6.07, 6.45) is 2.24. The Bertz CT molecular complexity index is 530. The van der Waals surface area contributed by atoms with Gasteiger partial charge in [0.15, 0.2) is 11.6 Å². The van der Waals surface area contributed by atoms with Crippen molar-refractivity contribution in [3.8, 4) is 0 Å². The van der Waals surface area contributed by atoms with Crippen molar-refractivity contribution in [3.05, 3.63) is 23.1 Å². The number of hydrogen-bond acceptors (Lipinski definition) is 3. The summed E-state index contributed by atoms with van der Waals surface area (Å²) in [5.74, 6) is 0.0245. The van der Waals surface area contributed by atoms with Crippen LogP contribution in [0.3, 0.4) is 0 Å². The number of carbonyl (C=O) groups excluding carboxylic acids is 1. The molecule has 1 aromatic heterocycles. The third-order valence-corrected chi connectivity index (χ3v) is 3.72. The van der Waals surface area contributed by atoms with Crippen LogP contribution < -0.4 is 4.90 Å². The van der Waals surface area contributed by atoms with Crippen molar-refractivity contribution in [3.63, 3.8) is 0 Å². The van der Waals surface area contributed by atoms with Crippen LogP contribution >= 0.6 is 11.6 Å². The summed E-state index contributed by atoms with van der Waals surface area (Å²) in [5.41, 5.74) is -0.390. The molecule has 0 N–H and O–H groups in total. The molecule has 21 heavy (non-hydrogen) atoms. The summed E-state index contributed by atoms with van der Waals surface area (Å²) in [5, 5.41) is 0.288. The summed E-state index contributed by atoms with van der Waals surface area (Å²) in [6, 6.07) is 1.27. The van der Waals surface area contributed by atoms with E-state index in [4.69, 9.17) is 11.6 Å². The number of nitrogens with zero attached hydrogens (tertiary/aromatic N) is 3. The van der Waals surface area contributed by atoms with Crippen molar-refractivity contribution in [2.75, 3.05) is 31.1 Å². The maximum atomic E-state index is 13.9. The predicted octanol–water partition coefficient (Wildman–Crippen LogP) is 2.96. The van der Waals surface area contributed by atoms with E-state index >= 15 is 0 Å². The molecule has 0 aliphatic carbocycles. The van der Waals surface area contributed by atoms with Gasteiger partial charge in [0.2, 0.25) is 5.91 Å².